The fraction of sp³-hybridized carbons (Fsp3) is 0.222. The highest BCUT2D eigenvalue weighted by molar-refractivity contribution is 6.36. The summed E-state index contributed by atoms with van der Waals surface area (Å²) in [6, 6.07) is 15.1. The number of hydrogen-bond donors (Lipinski definition) is 1. The fourth-order valence-electron chi connectivity index (χ4n) is 1.84. The second kappa shape index (κ2) is 8.93. The minimum Gasteiger partial charge on any atom is -0.489 e. The number of halogens is 1. The van der Waals surface area contributed by atoms with Crippen LogP contribution in [0.3, 0.4) is 0 Å². The maximum atomic E-state index is 11.5. The first-order valence-electron chi connectivity index (χ1n) is 7.54. The van der Waals surface area contributed by atoms with Crippen molar-refractivity contribution < 1.29 is 14.3 Å². The lowest BCUT2D eigenvalue weighted by Crippen LogP contribution is -2.15. The molecule has 0 saturated carbocycles. The molecule has 0 aromatic heterocycles. The molecule has 6 heteroatoms. The highest BCUT2D eigenvalue weighted by atomic mass is 35.5. The summed E-state index contributed by atoms with van der Waals surface area (Å²) in [7, 11) is 0. The van der Waals surface area contributed by atoms with E-state index in [9.17, 15) is 4.79 Å². The van der Waals surface area contributed by atoms with Crippen LogP contribution in [0.4, 0.5) is 5.69 Å². The number of hydrazone groups is 1. The van der Waals surface area contributed by atoms with E-state index < -0.39 is 5.97 Å². The number of hydrogen-bond acceptors (Lipinski definition) is 5. The van der Waals surface area contributed by atoms with Crippen molar-refractivity contribution in [2.24, 2.45) is 5.10 Å². The van der Waals surface area contributed by atoms with E-state index in [2.05, 4.69) is 10.5 Å². The molecular formula is C18H19ClN2O3. The maximum absolute atomic E-state index is 11.5. The van der Waals surface area contributed by atoms with Crippen LogP contribution >= 0.6 is 11.6 Å². The van der Waals surface area contributed by atoms with Gasteiger partial charge in [0.1, 0.15) is 18.1 Å². The minimum absolute atomic E-state index is 0.220. The van der Waals surface area contributed by atoms with E-state index in [1.807, 2.05) is 30.3 Å². The SMILES string of the molecule is CCOC(=O)/C(C)=N/Nc1ccc(OCc2ccccc2)cc1Cl. The lowest BCUT2D eigenvalue weighted by molar-refractivity contribution is -0.135. The van der Waals surface area contributed by atoms with Gasteiger partial charge in [-0.05, 0) is 31.5 Å². The first-order valence-corrected chi connectivity index (χ1v) is 7.91. The molecule has 126 valence electrons. The molecule has 0 bridgehead atoms. The fourth-order valence-corrected chi connectivity index (χ4v) is 2.06. The van der Waals surface area contributed by atoms with Crippen molar-refractivity contribution in [3.8, 4) is 5.75 Å². The third-order valence-electron chi connectivity index (χ3n) is 3.10. The van der Waals surface area contributed by atoms with Gasteiger partial charge in [-0.2, -0.15) is 5.10 Å². The molecule has 1 N–H and O–H groups in total. The van der Waals surface area contributed by atoms with Crippen molar-refractivity contribution in [2.45, 2.75) is 20.5 Å². The van der Waals surface area contributed by atoms with Gasteiger partial charge in [0.05, 0.1) is 17.3 Å². The van der Waals surface area contributed by atoms with Crippen molar-refractivity contribution >= 4 is 29.0 Å². The topological polar surface area (TPSA) is 59.9 Å². The number of benzene rings is 2. The minimum atomic E-state index is -0.469. The molecule has 0 amide bonds. The molecule has 24 heavy (non-hydrogen) atoms. The summed E-state index contributed by atoms with van der Waals surface area (Å²) in [5, 5.41) is 4.41. The van der Waals surface area contributed by atoms with Crippen LogP contribution in [0.5, 0.6) is 5.75 Å². The Kier molecular flexibility index (Phi) is 6.63. The number of carbonyl (C=O) groups excluding carboxylic acids is 1. The molecule has 0 heterocycles. The average molecular weight is 347 g/mol. The lowest BCUT2D eigenvalue weighted by atomic mass is 10.2. The van der Waals surface area contributed by atoms with Crippen LogP contribution in [-0.2, 0) is 16.1 Å². The molecule has 0 radical (unpaired) electrons. The smallest absolute Gasteiger partial charge is 0.354 e. The van der Waals surface area contributed by atoms with Crippen molar-refractivity contribution in [3.63, 3.8) is 0 Å². The Labute approximate surface area is 146 Å². The van der Waals surface area contributed by atoms with E-state index in [1.54, 1.807) is 32.0 Å². The van der Waals surface area contributed by atoms with Gasteiger partial charge in [-0.3, -0.25) is 5.43 Å². The maximum Gasteiger partial charge on any atom is 0.354 e. The first-order chi connectivity index (χ1) is 11.6. The Bertz CT molecular complexity index is 717. The molecule has 0 unspecified atom stereocenters. The molecule has 2 aromatic carbocycles. The zero-order chi connectivity index (χ0) is 17.4. The Balaban J connectivity index is 1.96. The Morgan fingerprint density at radius 1 is 1.21 bits per heavy atom. The Morgan fingerprint density at radius 2 is 1.96 bits per heavy atom. The van der Waals surface area contributed by atoms with Gasteiger partial charge in [0.2, 0.25) is 0 Å². The lowest BCUT2D eigenvalue weighted by Gasteiger charge is -2.09. The molecular weight excluding hydrogens is 328 g/mol. The van der Waals surface area contributed by atoms with Gasteiger partial charge >= 0.3 is 5.97 Å². The number of nitrogens with zero attached hydrogens (tertiary/aromatic N) is 1. The van der Waals surface area contributed by atoms with Gasteiger partial charge in [0, 0.05) is 6.07 Å². The second-order valence-electron chi connectivity index (χ2n) is 4.95. The average Bonchev–Trinajstić information content (AvgIpc) is 2.60. The monoisotopic (exact) mass is 346 g/mol. The van der Waals surface area contributed by atoms with E-state index >= 15 is 0 Å². The first kappa shape index (κ1) is 17.8. The van der Waals surface area contributed by atoms with Crippen LogP contribution in [0.25, 0.3) is 0 Å². The molecule has 5 nitrogen and oxygen atoms in total. The molecule has 0 aliphatic rings. The highest BCUT2D eigenvalue weighted by Gasteiger charge is 2.07. The summed E-state index contributed by atoms with van der Waals surface area (Å²) in [5.74, 6) is 0.185. The highest BCUT2D eigenvalue weighted by Crippen LogP contribution is 2.27. The van der Waals surface area contributed by atoms with Crippen LogP contribution in [0.15, 0.2) is 53.6 Å². The summed E-state index contributed by atoms with van der Waals surface area (Å²) < 4.78 is 10.6. The van der Waals surface area contributed by atoms with Crippen molar-refractivity contribution in [1.82, 2.24) is 0 Å². The van der Waals surface area contributed by atoms with E-state index in [0.717, 1.165) is 5.56 Å². The molecule has 2 rings (SSSR count). The van der Waals surface area contributed by atoms with Crippen LogP contribution in [0, 0.1) is 0 Å². The van der Waals surface area contributed by atoms with Gasteiger partial charge in [-0.25, -0.2) is 4.79 Å². The summed E-state index contributed by atoms with van der Waals surface area (Å²) >= 11 is 6.21. The van der Waals surface area contributed by atoms with Crippen LogP contribution in [0.2, 0.25) is 5.02 Å². The number of rotatable bonds is 7. The Hall–Kier alpha value is -2.53. The standard InChI is InChI=1S/C18H19ClN2O3/c1-3-23-18(22)13(2)20-21-17-10-9-15(11-16(17)19)24-12-14-7-5-4-6-8-14/h4-11,21H,3,12H2,1-2H3/b20-13+. The number of ether oxygens (including phenoxy) is 2. The second-order valence-corrected chi connectivity index (χ2v) is 5.35. The molecule has 0 aliphatic carbocycles. The van der Waals surface area contributed by atoms with Gasteiger partial charge in [0.25, 0.3) is 0 Å². The summed E-state index contributed by atoms with van der Waals surface area (Å²) in [4.78, 5) is 11.5. The van der Waals surface area contributed by atoms with Gasteiger partial charge in [-0.1, -0.05) is 41.9 Å². The number of anilines is 1. The van der Waals surface area contributed by atoms with E-state index in [4.69, 9.17) is 21.1 Å². The summed E-state index contributed by atoms with van der Waals surface area (Å²) in [5.41, 5.74) is 4.62. The normalized spacial score (nSPS) is 11.0. The van der Waals surface area contributed by atoms with Gasteiger partial charge in [-0.15, -0.1) is 0 Å². The predicted octanol–water partition coefficient (Wildman–Crippen LogP) is 4.27. The third kappa shape index (κ3) is 5.28. The largest absolute Gasteiger partial charge is 0.489 e. The zero-order valence-electron chi connectivity index (χ0n) is 13.6. The number of carbonyl (C=O) groups is 1. The molecule has 2 aromatic rings. The summed E-state index contributed by atoms with van der Waals surface area (Å²) in [6.45, 7) is 4.07. The van der Waals surface area contributed by atoms with Crippen LogP contribution in [0.1, 0.15) is 19.4 Å². The molecule has 0 fully saturated rings. The summed E-state index contributed by atoms with van der Waals surface area (Å²) in [6.07, 6.45) is 0. The van der Waals surface area contributed by atoms with Crippen molar-refractivity contribution in [2.75, 3.05) is 12.0 Å². The number of nitrogens with one attached hydrogen (secondary N) is 1. The van der Waals surface area contributed by atoms with Gasteiger partial charge < -0.3 is 9.47 Å². The predicted molar refractivity (Wildman–Crippen MR) is 95.6 cm³/mol. The molecule has 0 aliphatic heterocycles. The third-order valence-corrected chi connectivity index (χ3v) is 3.42. The van der Waals surface area contributed by atoms with Crippen molar-refractivity contribution in [3.05, 3.63) is 59.1 Å². The Morgan fingerprint density at radius 3 is 2.62 bits per heavy atom. The van der Waals surface area contributed by atoms with E-state index in [-0.39, 0.29) is 5.71 Å². The zero-order valence-corrected chi connectivity index (χ0v) is 14.3. The van der Waals surface area contributed by atoms with E-state index in [0.29, 0.717) is 29.7 Å². The molecule has 0 atom stereocenters. The van der Waals surface area contributed by atoms with Crippen LogP contribution < -0.4 is 10.2 Å². The molecule has 0 saturated heterocycles. The molecule has 0 spiro atoms. The van der Waals surface area contributed by atoms with E-state index in [1.165, 1.54) is 0 Å². The quantitative estimate of drug-likeness (QED) is 0.462. The van der Waals surface area contributed by atoms with Gasteiger partial charge in [0.15, 0.2) is 0 Å². The number of esters is 1. The van der Waals surface area contributed by atoms with Crippen molar-refractivity contribution in [1.29, 1.82) is 0 Å². The van der Waals surface area contributed by atoms with Crippen LogP contribution in [-0.4, -0.2) is 18.3 Å².